The van der Waals surface area contributed by atoms with Crippen molar-refractivity contribution in [1.82, 2.24) is 5.32 Å². The molecule has 7 nitrogen and oxygen atoms in total. The van der Waals surface area contributed by atoms with E-state index in [0.717, 1.165) is 54.8 Å². The van der Waals surface area contributed by atoms with Crippen LogP contribution in [0.15, 0.2) is 11.6 Å². The highest BCUT2D eigenvalue weighted by molar-refractivity contribution is 7.32. The molecule has 0 aliphatic heterocycles. The molecule has 3 saturated carbocycles. The van der Waals surface area contributed by atoms with E-state index in [1.54, 1.807) is 0 Å². The van der Waals surface area contributed by atoms with Crippen LogP contribution in [-0.2, 0) is 13.8 Å². The lowest BCUT2D eigenvalue weighted by atomic mass is 9.47. The molecule has 0 radical (unpaired) electrons. The van der Waals surface area contributed by atoms with Crippen molar-refractivity contribution >= 4 is 14.3 Å². The third kappa shape index (κ3) is 6.96. The van der Waals surface area contributed by atoms with Gasteiger partial charge in [0.15, 0.2) is 0 Å². The predicted molar refractivity (Wildman–Crippen MR) is 154 cm³/mol. The number of hydrogen-bond acceptors (Lipinski definition) is 5. The molecular formula is C31H54NO6P. The van der Waals surface area contributed by atoms with E-state index < -0.39 is 20.5 Å². The van der Waals surface area contributed by atoms with Crippen LogP contribution in [0.3, 0.4) is 0 Å². The molecule has 8 heteroatoms. The fraction of sp³-hybridized carbons (Fsp3) is 0.903. The third-order valence-electron chi connectivity index (χ3n) is 11.4. The Morgan fingerprint density at radius 2 is 1.90 bits per heavy atom. The molecule has 0 bridgehead atoms. The Kier molecular flexibility index (Phi) is 10.3. The molecule has 4 aliphatic carbocycles. The van der Waals surface area contributed by atoms with E-state index in [0.29, 0.717) is 5.41 Å². The van der Waals surface area contributed by atoms with Crippen LogP contribution < -0.4 is 5.32 Å². The third-order valence-corrected chi connectivity index (χ3v) is 11.8. The van der Waals surface area contributed by atoms with E-state index in [-0.39, 0.29) is 24.7 Å². The number of carbonyl (C=O) groups is 1. The predicted octanol–water partition coefficient (Wildman–Crippen LogP) is 6.88. The number of ether oxygens (including phenoxy) is 1. The van der Waals surface area contributed by atoms with Crippen LogP contribution in [0.25, 0.3) is 0 Å². The summed E-state index contributed by atoms with van der Waals surface area (Å²) in [6.07, 6.45) is 14.2. The highest BCUT2D eigenvalue weighted by Crippen LogP contribution is 2.67. The summed E-state index contributed by atoms with van der Waals surface area (Å²) in [6.45, 7) is 12.0. The molecule has 0 aromatic carbocycles. The molecule has 3 N–H and O–H groups in total. The molecule has 10 atom stereocenters. The Morgan fingerprint density at radius 1 is 1.13 bits per heavy atom. The van der Waals surface area contributed by atoms with Crippen molar-refractivity contribution in [2.75, 3.05) is 13.2 Å². The van der Waals surface area contributed by atoms with Crippen LogP contribution in [-0.4, -0.2) is 41.5 Å². The van der Waals surface area contributed by atoms with Gasteiger partial charge in [-0.1, -0.05) is 65.5 Å². The monoisotopic (exact) mass is 567 g/mol. The molecule has 0 aromatic heterocycles. The average Bonchev–Trinajstić information content (AvgIpc) is 3.23. The van der Waals surface area contributed by atoms with E-state index in [9.17, 15) is 14.5 Å². The molecule has 3 fully saturated rings. The molecule has 4 aliphatic rings. The Hall–Kier alpha value is -0.880. The largest absolute Gasteiger partial charge is 0.446 e. The van der Waals surface area contributed by atoms with Gasteiger partial charge >= 0.3 is 14.3 Å². The molecule has 0 saturated heterocycles. The van der Waals surface area contributed by atoms with Gasteiger partial charge in [0.25, 0.3) is 0 Å². The van der Waals surface area contributed by atoms with Gasteiger partial charge in [-0.2, -0.15) is 0 Å². The molecular weight excluding hydrogens is 513 g/mol. The molecule has 0 heterocycles. The number of nitrogens with one attached hydrogen (secondary N) is 1. The quantitative estimate of drug-likeness (QED) is 0.186. The van der Waals surface area contributed by atoms with E-state index in [2.05, 4.69) is 50.5 Å². The first-order valence-corrected chi connectivity index (χ1v) is 16.9. The summed E-state index contributed by atoms with van der Waals surface area (Å²) in [5, 5.41) is 12.4. The zero-order valence-electron chi connectivity index (χ0n) is 24.9. The number of amides is 1. The highest BCUT2D eigenvalue weighted by atomic mass is 31.1. The van der Waals surface area contributed by atoms with Gasteiger partial charge in [-0.25, -0.2) is 4.79 Å². The van der Waals surface area contributed by atoms with Crippen LogP contribution in [0.4, 0.5) is 4.79 Å². The molecule has 4 rings (SSSR count). The Bertz CT molecular complexity index is 910. The van der Waals surface area contributed by atoms with E-state index in [1.165, 1.54) is 56.9 Å². The summed E-state index contributed by atoms with van der Waals surface area (Å²) >= 11 is 0. The van der Waals surface area contributed by atoms with Gasteiger partial charge in [-0.15, -0.1) is 0 Å². The molecule has 0 aromatic rings. The first kappa shape index (κ1) is 31.1. The van der Waals surface area contributed by atoms with Gasteiger partial charge in [-0.3, -0.25) is 4.57 Å². The summed E-state index contributed by atoms with van der Waals surface area (Å²) in [6, 6.07) is 0. The zero-order chi connectivity index (χ0) is 28.4. The molecule has 224 valence electrons. The van der Waals surface area contributed by atoms with Crippen molar-refractivity contribution in [1.29, 1.82) is 0 Å². The topological polar surface area (TPSA) is 105 Å². The minimum Gasteiger partial charge on any atom is -0.446 e. The summed E-state index contributed by atoms with van der Waals surface area (Å²) in [7, 11) is -3.10. The summed E-state index contributed by atoms with van der Waals surface area (Å²) in [4.78, 5) is 21.1. The number of alkyl carbamates (subject to hydrolysis) is 1. The van der Waals surface area contributed by atoms with Crippen molar-refractivity contribution in [2.24, 2.45) is 46.3 Å². The fourth-order valence-electron chi connectivity index (χ4n) is 9.37. The average molecular weight is 568 g/mol. The van der Waals surface area contributed by atoms with Crippen LogP contribution in [0.2, 0.25) is 0 Å². The van der Waals surface area contributed by atoms with Crippen LogP contribution in [0.5, 0.6) is 0 Å². The van der Waals surface area contributed by atoms with Crippen molar-refractivity contribution in [3.8, 4) is 0 Å². The zero-order valence-corrected chi connectivity index (χ0v) is 25.9. The molecule has 2 unspecified atom stereocenters. The number of aliphatic hydroxyl groups is 1. The van der Waals surface area contributed by atoms with Crippen molar-refractivity contribution in [3.05, 3.63) is 11.6 Å². The Balaban J connectivity index is 1.33. The summed E-state index contributed by atoms with van der Waals surface area (Å²) in [5.41, 5.74) is 2.17. The van der Waals surface area contributed by atoms with Crippen LogP contribution in [0.1, 0.15) is 105 Å². The van der Waals surface area contributed by atoms with E-state index in [4.69, 9.17) is 9.63 Å². The smallest absolute Gasteiger partial charge is 0.407 e. The number of rotatable bonds is 11. The normalized spacial score (nSPS) is 38.2. The minimum absolute atomic E-state index is 0.0810. The maximum Gasteiger partial charge on any atom is 0.407 e. The Morgan fingerprint density at radius 3 is 2.62 bits per heavy atom. The van der Waals surface area contributed by atoms with E-state index >= 15 is 0 Å². The van der Waals surface area contributed by atoms with Gasteiger partial charge in [0.1, 0.15) is 6.10 Å². The highest BCUT2D eigenvalue weighted by Gasteiger charge is 2.59. The lowest BCUT2D eigenvalue weighted by molar-refractivity contribution is -0.0582. The van der Waals surface area contributed by atoms with Gasteiger partial charge < -0.3 is 24.6 Å². The number of aliphatic hydroxyl groups excluding tert-OH is 1. The van der Waals surface area contributed by atoms with Crippen molar-refractivity contribution in [2.45, 2.75) is 117 Å². The van der Waals surface area contributed by atoms with Crippen molar-refractivity contribution < 1.29 is 28.6 Å². The molecule has 0 spiro atoms. The first-order valence-electron chi connectivity index (χ1n) is 15.6. The first-order chi connectivity index (χ1) is 18.4. The second-order valence-electron chi connectivity index (χ2n) is 14.2. The van der Waals surface area contributed by atoms with Crippen LogP contribution >= 0.6 is 8.25 Å². The summed E-state index contributed by atoms with van der Waals surface area (Å²) < 4.78 is 20.9. The molecule has 1 amide bonds. The standard InChI is InChI=1S/C31H54NO6P/c1-20(2)7-6-8-21(3)26-11-12-27-25-10-9-22-17-24(38-29(34)32-18-23(33)19-37-39(35)36)13-15-30(22,4)28(25)14-16-31(26,27)5/h9,20-21,23-28,33,39H,6-8,10-19H2,1-5H3,(H,32,34)(H,35,36)/t21-,23?,24+,25+,26-,27+,28+,30+,31-/m1/s1. The Labute approximate surface area is 236 Å². The lowest BCUT2D eigenvalue weighted by Gasteiger charge is -2.58. The summed E-state index contributed by atoms with van der Waals surface area (Å²) in [5.74, 6) is 4.85. The number of allylic oxidation sites excluding steroid dienone is 1. The second-order valence-corrected chi connectivity index (χ2v) is 15.0. The van der Waals surface area contributed by atoms with Gasteiger partial charge in [0.2, 0.25) is 0 Å². The number of fused-ring (bicyclic) bond motifs is 5. The fourth-order valence-corrected chi connectivity index (χ4v) is 9.71. The SMILES string of the molecule is CC(C)CCC[C@@H](C)[C@H]1CC[C@H]2[C@@H]3CC=C4C[C@@H](OC(=O)NCC(O)CO[PH](=O)O)CC[C@]4(C)[C@H]3CC[C@]12C. The maximum atomic E-state index is 12.4. The minimum atomic E-state index is -3.10. The molecule has 39 heavy (non-hydrogen) atoms. The van der Waals surface area contributed by atoms with E-state index in [1.807, 2.05) is 0 Å². The second kappa shape index (κ2) is 13.0. The maximum absolute atomic E-state index is 12.4. The number of hydrogen-bond donors (Lipinski definition) is 3. The van der Waals surface area contributed by atoms with Gasteiger partial charge in [0.05, 0.1) is 12.7 Å². The van der Waals surface area contributed by atoms with Crippen molar-refractivity contribution in [3.63, 3.8) is 0 Å². The van der Waals surface area contributed by atoms with Gasteiger partial charge in [0, 0.05) is 13.0 Å². The van der Waals surface area contributed by atoms with Crippen LogP contribution in [0, 0.1) is 46.3 Å². The number of carbonyl (C=O) groups excluding carboxylic acids is 1. The lowest BCUT2D eigenvalue weighted by Crippen LogP contribution is -2.51. The van der Waals surface area contributed by atoms with Gasteiger partial charge in [-0.05, 0) is 91.3 Å².